The van der Waals surface area contributed by atoms with Gasteiger partial charge in [-0.3, -0.25) is 4.90 Å². The molecule has 1 heterocycles. The van der Waals surface area contributed by atoms with Crippen LogP contribution >= 0.6 is 12.4 Å². The number of rotatable bonds is 2. The summed E-state index contributed by atoms with van der Waals surface area (Å²) in [7, 11) is 0. The molecule has 0 amide bonds. The van der Waals surface area contributed by atoms with Gasteiger partial charge in [0.2, 0.25) is 0 Å². The van der Waals surface area contributed by atoms with Gasteiger partial charge in [0.1, 0.15) is 0 Å². The van der Waals surface area contributed by atoms with Gasteiger partial charge in [0.05, 0.1) is 0 Å². The molecule has 0 unspecified atom stereocenters. The summed E-state index contributed by atoms with van der Waals surface area (Å²) in [5.41, 5.74) is 2.68. The summed E-state index contributed by atoms with van der Waals surface area (Å²) < 4.78 is 0. The topological polar surface area (TPSA) is 3.24 Å². The lowest BCUT2D eigenvalue weighted by atomic mass is 9.66. The number of hydrogen-bond donors (Lipinski definition) is 0. The van der Waals surface area contributed by atoms with Crippen molar-refractivity contribution in [2.45, 2.75) is 82.6 Å². The summed E-state index contributed by atoms with van der Waals surface area (Å²) in [5, 5.41) is 0. The number of likely N-dealkylation sites (tertiary alicyclic amines) is 1. The first kappa shape index (κ1) is 18.3. The third kappa shape index (κ3) is 3.40. The largest absolute Gasteiger partial charge is 0.294 e. The van der Waals surface area contributed by atoms with Gasteiger partial charge in [-0.2, -0.15) is 0 Å². The second kappa shape index (κ2) is 7.79. The Morgan fingerprint density at radius 3 is 1.75 bits per heavy atom. The molecular weight excluding hydrogens is 314 g/mol. The van der Waals surface area contributed by atoms with Gasteiger partial charge in [0.15, 0.2) is 0 Å². The molecule has 1 aromatic rings. The maximum atomic E-state index is 2.90. The second-order valence-corrected chi connectivity index (χ2v) is 8.51. The summed E-state index contributed by atoms with van der Waals surface area (Å²) in [6.45, 7) is 2.68. The molecule has 4 rings (SSSR count). The van der Waals surface area contributed by atoms with Crippen molar-refractivity contribution in [3.05, 3.63) is 35.9 Å². The van der Waals surface area contributed by atoms with Crippen LogP contribution in [0.3, 0.4) is 0 Å². The van der Waals surface area contributed by atoms with E-state index in [-0.39, 0.29) is 12.4 Å². The summed E-state index contributed by atoms with van der Waals surface area (Å²) in [6, 6.07) is 11.5. The van der Waals surface area contributed by atoms with Crippen LogP contribution in [0.25, 0.3) is 0 Å². The van der Waals surface area contributed by atoms with E-state index in [4.69, 9.17) is 0 Å². The third-order valence-corrected chi connectivity index (χ3v) is 7.34. The molecule has 1 aliphatic heterocycles. The van der Waals surface area contributed by atoms with E-state index in [0.717, 1.165) is 5.41 Å². The Hall–Kier alpha value is -0.530. The lowest BCUT2D eigenvalue weighted by Crippen LogP contribution is -2.53. The molecule has 0 N–H and O–H groups in total. The van der Waals surface area contributed by atoms with E-state index in [2.05, 4.69) is 35.2 Å². The molecule has 24 heavy (non-hydrogen) atoms. The SMILES string of the molecule is Cl.c1ccc(C2(N3CCC4(CCCCC4)CC3)CCCCC2)cc1. The van der Waals surface area contributed by atoms with Crippen LogP contribution in [-0.4, -0.2) is 18.0 Å². The summed E-state index contributed by atoms with van der Waals surface area (Å²) in [5.74, 6) is 0. The Balaban J connectivity index is 0.00000169. The van der Waals surface area contributed by atoms with Crippen LogP contribution in [0.2, 0.25) is 0 Å². The monoisotopic (exact) mass is 347 g/mol. The molecule has 1 aromatic carbocycles. The Labute approximate surface area is 154 Å². The molecule has 1 nitrogen and oxygen atoms in total. The van der Waals surface area contributed by atoms with Crippen LogP contribution < -0.4 is 0 Å². The molecule has 1 saturated heterocycles. The van der Waals surface area contributed by atoms with E-state index in [1.54, 1.807) is 5.56 Å². The molecule has 0 atom stereocenters. The Bertz CT molecular complexity index is 490. The standard InChI is InChI=1S/C22H33N.ClH/c1-4-10-20(11-5-1)22(14-8-3-9-15-22)23-18-16-21(17-19-23)12-6-2-7-13-21;/h1,4-5,10-11H,2-3,6-9,12-19H2;1H. The molecule has 0 bridgehead atoms. The summed E-state index contributed by atoms with van der Waals surface area (Å²) >= 11 is 0. The van der Waals surface area contributed by atoms with Crippen LogP contribution in [0, 0.1) is 5.41 Å². The number of hydrogen-bond acceptors (Lipinski definition) is 1. The average Bonchev–Trinajstić information content (AvgIpc) is 2.64. The van der Waals surface area contributed by atoms with Gasteiger partial charge in [0.25, 0.3) is 0 Å². The smallest absolute Gasteiger partial charge is 0.0460 e. The predicted molar refractivity (Wildman–Crippen MR) is 105 cm³/mol. The molecule has 3 aliphatic rings. The van der Waals surface area contributed by atoms with Gasteiger partial charge in [-0.1, -0.05) is 68.9 Å². The maximum Gasteiger partial charge on any atom is 0.0460 e. The Morgan fingerprint density at radius 1 is 0.625 bits per heavy atom. The van der Waals surface area contributed by atoms with Crippen molar-refractivity contribution >= 4 is 12.4 Å². The fourth-order valence-electron chi connectivity index (χ4n) is 5.88. The Morgan fingerprint density at radius 2 is 1.17 bits per heavy atom. The minimum Gasteiger partial charge on any atom is -0.294 e. The van der Waals surface area contributed by atoms with E-state index in [1.807, 2.05) is 0 Å². The van der Waals surface area contributed by atoms with Gasteiger partial charge in [-0.15, -0.1) is 12.4 Å². The molecule has 2 aliphatic carbocycles. The third-order valence-electron chi connectivity index (χ3n) is 7.34. The molecule has 0 radical (unpaired) electrons. The minimum absolute atomic E-state index is 0. The molecule has 3 fully saturated rings. The number of piperidine rings is 1. The predicted octanol–water partition coefficient (Wildman–Crippen LogP) is 6.31. The Kier molecular flexibility index (Phi) is 5.93. The zero-order valence-electron chi connectivity index (χ0n) is 15.1. The fraction of sp³-hybridized carbons (Fsp3) is 0.727. The van der Waals surface area contributed by atoms with Crippen molar-refractivity contribution in [1.82, 2.24) is 4.90 Å². The molecule has 1 spiro atoms. The van der Waals surface area contributed by atoms with Gasteiger partial charge < -0.3 is 0 Å². The van der Waals surface area contributed by atoms with Crippen LogP contribution in [0.1, 0.15) is 82.6 Å². The maximum absolute atomic E-state index is 2.90. The van der Waals surface area contributed by atoms with Crippen molar-refractivity contribution in [2.75, 3.05) is 13.1 Å². The van der Waals surface area contributed by atoms with Gasteiger partial charge in [-0.05, 0) is 62.6 Å². The second-order valence-electron chi connectivity index (χ2n) is 8.51. The normalized spacial score (nSPS) is 26.7. The number of halogens is 1. The first-order valence-corrected chi connectivity index (χ1v) is 10.1. The van der Waals surface area contributed by atoms with Crippen molar-refractivity contribution < 1.29 is 0 Å². The molecular formula is C22H34ClN. The highest BCUT2D eigenvalue weighted by atomic mass is 35.5. The van der Waals surface area contributed by atoms with Gasteiger partial charge >= 0.3 is 0 Å². The van der Waals surface area contributed by atoms with E-state index < -0.39 is 0 Å². The van der Waals surface area contributed by atoms with E-state index in [1.165, 1.54) is 90.1 Å². The lowest BCUT2D eigenvalue weighted by molar-refractivity contribution is -0.0205. The lowest BCUT2D eigenvalue weighted by Gasteiger charge is -2.53. The van der Waals surface area contributed by atoms with Gasteiger partial charge in [-0.25, -0.2) is 0 Å². The highest BCUT2D eigenvalue weighted by molar-refractivity contribution is 5.85. The molecule has 0 aromatic heterocycles. The average molecular weight is 348 g/mol. The zero-order valence-corrected chi connectivity index (χ0v) is 16.0. The highest BCUT2D eigenvalue weighted by Gasteiger charge is 2.44. The summed E-state index contributed by atoms with van der Waals surface area (Å²) in [6.07, 6.45) is 17.4. The van der Waals surface area contributed by atoms with E-state index in [0.29, 0.717) is 5.54 Å². The molecule has 2 heteroatoms. The van der Waals surface area contributed by atoms with Crippen molar-refractivity contribution in [2.24, 2.45) is 5.41 Å². The van der Waals surface area contributed by atoms with Gasteiger partial charge in [0, 0.05) is 5.54 Å². The quantitative estimate of drug-likeness (QED) is 0.605. The number of nitrogens with zero attached hydrogens (tertiary/aromatic N) is 1. The minimum atomic E-state index is 0. The van der Waals surface area contributed by atoms with E-state index >= 15 is 0 Å². The zero-order chi connectivity index (χ0) is 15.6. The highest BCUT2D eigenvalue weighted by Crippen LogP contribution is 2.49. The number of benzene rings is 1. The first-order chi connectivity index (χ1) is 11.3. The first-order valence-electron chi connectivity index (χ1n) is 10.1. The van der Waals surface area contributed by atoms with Crippen LogP contribution in [0.15, 0.2) is 30.3 Å². The van der Waals surface area contributed by atoms with E-state index in [9.17, 15) is 0 Å². The molecule has 134 valence electrons. The van der Waals surface area contributed by atoms with Crippen LogP contribution in [0.4, 0.5) is 0 Å². The fourth-order valence-corrected chi connectivity index (χ4v) is 5.88. The van der Waals surface area contributed by atoms with Crippen molar-refractivity contribution in [3.8, 4) is 0 Å². The summed E-state index contributed by atoms with van der Waals surface area (Å²) in [4.78, 5) is 2.90. The van der Waals surface area contributed by atoms with Crippen molar-refractivity contribution in [1.29, 1.82) is 0 Å². The van der Waals surface area contributed by atoms with Crippen LogP contribution in [-0.2, 0) is 5.54 Å². The molecule has 2 saturated carbocycles. The van der Waals surface area contributed by atoms with Crippen molar-refractivity contribution in [3.63, 3.8) is 0 Å². The van der Waals surface area contributed by atoms with Crippen LogP contribution in [0.5, 0.6) is 0 Å².